The molecule has 11 rings (SSSR count). The van der Waals surface area contributed by atoms with Crippen LogP contribution in [0.4, 0.5) is 0 Å². The summed E-state index contributed by atoms with van der Waals surface area (Å²) in [6.07, 6.45) is 0. The highest BCUT2D eigenvalue weighted by atomic mass is 32.1. The van der Waals surface area contributed by atoms with Gasteiger partial charge in [0.2, 0.25) is 0 Å². The Labute approximate surface area is 336 Å². The molecule has 2 heterocycles. The van der Waals surface area contributed by atoms with Gasteiger partial charge in [-0.05, 0) is 62.7 Å². The third kappa shape index (κ3) is 5.07. The summed E-state index contributed by atoms with van der Waals surface area (Å²) in [5, 5.41) is 2.45. The average molecular weight is 737 g/mol. The molecule has 1 aliphatic rings. The number of aromatic nitrogens is 3. The topological polar surface area (TPSA) is 38.7 Å². The van der Waals surface area contributed by atoms with E-state index in [1.54, 1.807) is 11.3 Å². The van der Waals surface area contributed by atoms with Gasteiger partial charge >= 0.3 is 0 Å². The zero-order valence-electron chi connectivity index (χ0n) is 34.9. The molecule has 0 N–H and O–H groups in total. The van der Waals surface area contributed by atoms with Crippen LogP contribution in [-0.2, 0) is 5.41 Å². The van der Waals surface area contributed by atoms with E-state index in [1.807, 2.05) is 54.6 Å². The van der Waals surface area contributed by atoms with Gasteiger partial charge in [0.25, 0.3) is 0 Å². The first-order valence-corrected chi connectivity index (χ1v) is 19.3. The molecular formula is C52H33N3S. The van der Waals surface area contributed by atoms with Crippen molar-refractivity contribution in [2.45, 2.75) is 5.41 Å². The molecule has 8 aromatic carbocycles. The highest BCUT2D eigenvalue weighted by Crippen LogP contribution is 2.58. The minimum Gasteiger partial charge on any atom is -0.208 e. The Morgan fingerprint density at radius 1 is 0.411 bits per heavy atom. The summed E-state index contributed by atoms with van der Waals surface area (Å²) in [6.45, 7) is 0. The Kier molecular flexibility index (Phi) is 6.44. The molecule has 0 bridgehead atoms. The van der Waals surface area contributed by atoms with E-state index in [-0.39, 0.29) is 23.5 Å². The zero-order chi connectivity index (χ0) is 41.4. The maximum atomic E-state index is 8.93. The van der Waals surface area contributed by atoms with Crippen LogP contribution < -0.4 is 0 Å². The second-order valence-corrected chi connectivity index (χ2v) is 15.0. The largest absolute Gasteiger partial charge is 0.208 e. The van der Waals surface area contributed by atoms with Gasteiger partial charge in [-0.25, -0.2) is 15.0 Å². The van der Waals surface area contributed by atoms with Crippen LogP contribution in [0.5, 0.6) is 0 Å². The molecule has 1 aliphatic carbocycles. The van der Waals surface area contributed by atoms with E-state index in [9.17, 15) is 0 Å². The van der Waals surface area contributed by atoms with E-state index in [4.69, 9.17) is 21.8 Å². The molecule has 0 spiro atoms. The van der Waals surface area contributed by atoms with Crippen LogP contribution in [-0.4, -0.2) is 15.0 Å². The van der Waals surface area contributed by atoms with Crippen LogP contribution >= 0.6 is 11.3 Å². The van der Waals surface area contributed by atoms with Crippen LogP contribution in [0, 0.1) is 0 Å². The molecule has 0 atom stereocenters. The summed E-state index contributed by atoms with van der Waals surface area (Å²) >= 11 is 1.79. The van der Waals surface area contributed by atoms with Crippen molar-refractivity contribution in [2.75, 3.05) is 0 Å². The Hall–Kier alpha value is -7.01. The molecule has 10 aromatic rings. The fourth-order valence-corrected chi connectivity index (χ4v) is 9.58. The molecule has 0 saturated carbocycles. The second kappa shape index (κ2) is 13.1. The average Bonchev–Trinajstić information content (AvgIpc) is 3.84. The number of nitrogens with zero attached hydrogens (tertiary/aromatic N) is 3. The third-order valence-corrected chi connectivity index (χ3v) is 12.1. The predicted molar refractivity (Wildman–Crippen MR) is 232 cm³/mol. The number of rotatable bonds is 6. The molecular weight excluding hydrogens is 699 g/mol. The summed E-state index contributed by atoms with van der Waals surface area (Å²) in [5.74, 6) is 0.644. The molecule has 56 heavy (non-hydrogen) atoms. The smallest absolute Gasteiger partial charge is 0.164 e. The highest BCUT2D eigenvalue weighted by Gasteiger charge is 2.47. The molecule has 0 amide bonds. The lowest BCUT2D eigenvalue weighted by molar-refractivity contribution is 0.768. The molecule has 0 aliphatic heterocycles. The van der Waals surface area contributed by atoms with Crippen LogP contribution in [0.25, 0.3) is 76.6 Å². The second-order valence-electron chi connectivity index (χ2n) is 13.9. The van der Waals surface area contributed by atoms with Gasteiger partial charge in [-0.15, -0.1) is 11.3 Å². The van der Waals surface area contributed by atoms with Gasteiger partial charge in [0, 0.05) is 36.9 Å². The van der Waals surface area contributed by atoms with Gasteiger partial charge < -0.3 is 0 Å². The molecule has 3 nitrogen and oxygen atoms in total. The summed E-state index contributed by atoms with van der Waals surface area (Å²) in [6, 6.07) is 56.6. The molecule has 0 fully saturated rings. The van der Waals surface area contributed by atoms with Crippen LogP contribution in [0.2, 0.25) is 0 Å². The predicted octanol–water partition coefficient (Wildman–Crippen LogP) is 13.3. The minimum atomic E-state index is -0.663. The maximum Gasteiger partial charge on any atom is 0.164 e. The van der Waals surface area contributed by atoms with Gasteiger partial charge in [0.15, 0.2) is 17.5 Å². The SMILES string of the molecule is [2H]c1c([2H])c([2H])c(-c2nc(-c3ccc(-c4ccc5sc6ccccc6c5c4)cc3)nc(-c3cccc4c3-c3ccccc3C4(c3ccccc3)c3ccccc3)n2)c([2H])c1[2H]. The maximum absolute atomic E-state index is 8.93. The summed E-state index contributed by atoms with van der Waals surface area (Å²) in [7, 11) is 0. The van der Waals surface area contributed by atoms with E-state index in [2.05, 4.69) is 115 Å². The van der Waals surface area contributed by atoms with Crippen molar-refractivity contribution in [3.05, 3.63) is 222 Å². The highest BCUT2D eigenvalue weighted by molar-refractivity contribution is 7.25. The van der Waals surface area contributed by atoms with Crippen molar-refractivity contribution < 1.29 is 6.85 Å². The monoisotopic (exact) mass is 736 g/mol. The van der Waals surface area contributed by atoms with E-state index in [0.717, 1.165) is 50.1 Å². The summed E-state index contributed by atoms with van der Waals surface area (Å²) in [4.78, 5) is 15.0. The first kappa shape index (κ1) is 27.6. The van der Waals surface area contributed by atoms with E-state index in [1.165, 1.54) is 20.2 Å². The van der Waals surface area contributed by atoms with E-state index in [0.29, 0.717) is 17.2 Å². The molecule has 0 unspecified atom stereocenters. The van der Waals surface area contributed by atoms with Crippen molar-refractivity contribution in [1.82, 2.24) is 15.0 Å². The Balaban J connectivity index is 1.13. The minimum absolute atomic E-state index is 0.00266. The van der Waals surface area contributed by atoms with Gasteiger partial charge in [-0.2, -0.15) is 0 Å². The molecule has 2 aromatic heterocycles. The number of thiophene rings is 1. The van der Waals surface area contributed by atoms with Gasteiger partial charge in [0.1, 0.15) is 0 Å². The van der Waals surface area contributed by atoms with Gasteiger partial charge in [-0.3, -0.25) is 0 Å². The van der Waals surface area contributed by atoms with Crippen molar-refractivity contribution >= 4 is 31.5 Å². The number of fused-ring (bicyclic) bond motifs is 6. The first-order valence-electron chi connectivity index (χ1n) is 21.0. The fourth-order valence-electron chi connectivity index (χ4n) is 8.50. The number of benzene rings is 8. The van der Waals surface area contributed by atoms with Crippen LogP contribution in [0.1, 0.15) is 29.1 Å². The quantitative estimate of drug-likeness (QED) is 0.171. The van der Waals surface area contributed by atoms with Gasteiger partial charge in [0.05, 0.1) is 12.3 Å². The normalized spacial score (nSPS) is 14.0. The third-order valence-electron chi connectivity index (χ3n) is 10.9. The van der Waals surface area contributed by atoms with Gasteiger partial charge in [-0.1, -0.05) is 182 Å². The van der Waals surface area contributed by atoms with Crippen LogP contribution in [0.3, 0.4) is 0 Å². The summed E-state index contributed by atoms with van der Waals surface area (Å²) in [5.41, 5.74) is 9.21. The first-order chi connectivity index (χ1) is 29.8. The van der Waals surface area contributed by atoms with Crippen molar-refractivity contribution in [2.24, 2.45) is 0 Å². The number of hydrogen-bond acceptors (Lipinski definition) is 4. The molecule has 0 saturated heterocycles. The Bertz CT molecular complexity index is 3300. The lowest BCUT2D eigenvalue weighted by atomic mass is 9.67. The Morgan fingerprint density at radius 3 is 1.75 bits per heavy atom. The van der Waals surface area contributed by atoms with E-state index >= 15 is 0 Å². The lowest BCUT2D eigenvalue weighted by Crippen LogP contribution is -2.28. The van der Waals surface area contributed by atoms with Crippen molar-refractivity contribution in [3.8, 4) is 56.4 Å². The lowest BCUT2D eigenvalue weighted by Gasteiger charge is -2.33. The molecule has 0 radical (unpaired) electrons. The van der Waals surface area contributed by atoms with Crippen molar-refractivity contribution in [3.63, 3.8) is 0 Å². The Morgan fingerprint density at radius 2 is 0.982 bits per heavy atom. The van der Waals surface area contributed by atoms with Crippen LogP contribution in [0.15, 0.2) is 200 Å². The zero-order valence-corrected chi connectivity index (χ0v) is 30.7. The van der Waals surface area contributed by atoms with Crippen molar-refractivity contribution in [1.29, 1.82) is 0 Å². The molecule has 262 valence electrons. The molecule has 4 heteroatoms. The standard InChI is InChI=1S/C52H33N3S/c1-4-15-35(16-5-1)49-53-50(36-29-27-34(28-30-36)37-31-32-47-43(33-37)40-21-11-13-26-46(40)56-47)55-51(54-49)42-23-14-25-45-48(42)41-22-10-12-24-44(41)52(45,38-17-6-2-7-18-38)39-19-8-3-9-20-39/h1-33H/i1D,4D,5D,15D,16D. The number of hydrogen-bond donors (Lipinski definition) is 0. The van der Waals surface area contributed by atoms with E-state index < -0.39 is 23.5 Å². The summed E-state index contributed by atoms with van der Waals surface area (Å²) < 4.78 is 45.7. The fraction of sp³-hybridized carbons (Fsp3) is 0.0192.